The van der Waals surface area contributed by atoms with Crippen LogP contribution < -0.4 is 0 Å². The van der Waals surface area contributed by atoms with Crippen LogP contribution in [0.2, 0.25) is 0 Å². The van der Waals surface area contributed by atoms with Crippen molar-refractivity contribution in [1.29, 1.82) is 0 Å². The number of halogens is 1. The van der Waals surface area contributed by atoms with Crippen LogP contribution in [0.25, 0.3) is 0 Å². The Morgan fingerprint density at radius 1 is 0.938 bits per heavy atom. The van der Waals surface area contributed by atoms with Gasteiger partial charge in [-0.15, -0.1) is 0 Å². The van der Waals surface area contributed by atoms with Crippen LogP contribution >= 0.6 is 15.9 Å². The minimum absolute atomic E-state index is 0.338. The summed E-state index contributed by atoms with van der Waals surface area (Å²) in [4.78, 5) is 0. The minimum Gasteiger partial charge on any atom is -0.0587 e. The zero-order valence-electron chi connectivity index (χ0n) is 29.0. The average molecular weight is 304 g/mol. The van der Waals surface area contributed by atoms with E-state index in [4.69, 9.17) is 28.8 Å². The zero-order chi connectivity index (χ0) is 30.2. The van der Waals surface area contributed by atoms with Gasteiger partial charge < -0.3 is 0 Å². The molecule has 0 nitrogen and oxygen atoms in total. The molecule has 0 heterocycles. The Labute approximate surface area is 138 Å². The summed E-state index contributed by atoms with van der Waals surface area (Å²) < 4.78 is 164. The Bertz CT molecular complexity index is 897. The molecule has 0 aliphatic carbocycles. The third-order valence-corrected chi connectivity index (χ3v) is 2.75. The molecule has 0 unspecified atom stereocenters. The van der Waals surface area contributed by atoms with Gasteiger partial charge in [-0.1, -0.05) is 69.2 Å². The van der Waals surface area contributed by atoms with Crippen molar-refractivity contribution in [3.8, 4) is 0 Å². The molecule has 0 radical (unpaired) electrons. The average Bonchev–Trinajstić information content (AvgIpc) is 2.60. The van der Waals surface area contributed by atoms with E-state index in [-0.39, 0.29) is 0 Å². The van der Waals surface area contributed by atoms with Gasteiger partial charge in [0.1, 0.15) is 0 Å². The lowest BCUT2D eigenvalue weighted by molar-refractivity contribution is 0.796. The number of rotatable bonds is 3. The first-order valence-corrected chi connectivity index (χ1v) is 4.89. The summed E-state index contributed by atoms with van der Waals surface area (Å²) in [6, 6.07) is 0.676. The molecule has 0 aliphatic heterocycles. The van der Waals surface area contributed by atoms with Crippen molar-refractivity contribution in [2.75, 3.05) is 0 Å². The predicted octanol–water partition coefficient (Wildman–Crippen LogP) is 5.82. The third kappa shape index (κ3) is 2.88. The van der Waals surface area contributed by atoms with E-state index in [1.807, 2.05) is 0 Å². The lowest BCUT2D eigenvalue weighted by Gasteiger charge is -2.19. The van der Waals surface area contributed by atoms with Crippen LogP contribution in [-0.4, -0.2) is 0 Å². The van der Waals surface area contributed by atoms with Crippen LogP contribution in [0.15, 0.2) is 16.6 Å². The van der Waals surface area contributed by atoms with E-state index >= 15 is 0 Å². The molecule has 1 heteroatoms. The SMILES string of the molecule is [2H]C([2H])([2H])C([2H])(c1cc(C([2H])(C([2H])([2H])[2H])C([2H])([2H])[2H])c(Br)c(C([2H])(C([2H])([2H])[2H])C([2H])([2H])[2H])c1)C([2H])([2H])[2H]. The smallest absolute Gasteiger partial charge is 0.0347 e. The van der Waals surface area contributed by atoms with Crippen molar-refractivity contribution in [2.24, 2.45) is 0 Å². The van der Waals surface area contributed by atoms with E-state index < -0.39 is 80.0 Å². The van der Waals surface area contributed by atoms with Crippen LogP contribution in [-0.2, 0) is 0 Å². The Hall–Kier alpha value is -0.300. The first kappa shape index (κ1) is 2.52. The molecule has 1 aromatic carbocycles. The van der Waals surface area contributed by atoms with Gasteiger partial charge in [-0.3, -0.25) is 0 Å². The molecular weight excluding hydrogens is 260 g/mol. The summed E-state index contributed by atoms with van der Waals surface area (Å²) in [5.74, 6) is -11.1. The zero-order valence-corrected chi connectivity index (χ0v) is 9.62. The van der Waals surface area contributed by atoms with Crippen LogP contribution in [0.3, 0.4) is 0 Å². The van der Waals surface area contributed by atoms with Gasteiger partial charge in [-0.05, 0) is 34.4 Å². The van der Waals surface area contributed by atoms with E-state index in [2.05, 4.69) is 15.9 Å². The topological polar surface area (TPSA) is 0 Å². The quantitative estimate of drug-likeness (QED) is 0.660. The molecule has 0 saturated heterocycles. The Morgan fingerprint density at radius 2 is 1.38 bits per heavy atom. The maximum atomic E-state index is 8.49. The fourth-order valence-electron chi connectivity index (χ4n) is 1.13. The first-order chi connectivity index (χ1) is 15.7. The molecule has 90 valence electrons. The molecule has 0 atom stereocenters. The Morgan fingerprint density at radius 3 is 1.75 bits per heavy atom. The fourth-order valence-corrected chi connectivity index (χ4v) is 1.76. The summed E-state index contributed by atoms with van der Waals surface area (Å²) in [6.07, 6.45) is 0. The molecule has 0 aromatic heterocycles. The monoisotopic (exact) mass is 303 g/mol. The van der Waals surface area contributed by atoms with Gasteiger partial charge in [0, 0.05) is 33.3 Å². The molecule has 0 amide bonds. The van der Waals surface area contributed by atoms with Gasteiger partial charge in [0.15, 0.2) is 0 Å². The van der Waals surface area contributed by atoms with Gasteiger partial charge in [-0.2, -0.15) is 0 Å². The molecular formula is C15H23Br. The van der Waals surface area contributed by atoms with E-state index in [0.29, 0.717) is 12.1 Å². The molecule has 0 bridgehead atoms. The van der Waals surface area contributed by atoms with Gasteiger partial charge in [0.2, 0.25) is 0 Å². The summed E-state index contributed by atoms with van der Waals surface area (Å²) in [6.45, 7) is -22.6. The Balaban J connectivity index is 4.70. The first-order valence-electron chi connectivity index (χ1n) is 14.6. The maximum Gasteiger partial charge on any atom is 0.0347 e. The second kappa shape index (κ2) is 5.35. The summed E-state index contributed by atoms with van der Waals surface area (Å²) >= 11 is 2.74. The van der Waals surface area contributed by atoms with Crippen molar-refractivity contribution >= 4 is 15.9 Å². The van der Waals surface area contributed by atoms with Crippen molar-refractivity contribution in [1.82, 2.24) is 0 Å². The van der Waals surface area contributed by atoms with Gasteiger partial charge in [-0.25, -0.2) is 0 Å². The van der Waals surface area contributed by atoms with Crippen molar-refractivity contribution in [3.05, 3.63) is 33.3 Å². The summed E-state index contributed by atoms with van der Waals surface area (Å²) in [5.41, 5.74) is -3.71. The molecule has 16 heavy (non-hydrogen) atoms. The lowest BCUT2D eigenvalue weighted by Crippen LogP contribution is -2.00. The highest BCUT2D eigenvalue weighted by atomic mass is 79.9. The number of benzene rings is 1. The molecule has 0 saturated carbocycles. The predicted molar refractivity (Wildman–Crippen MR) is 76.4 cm³/mol. The Kier molecular flexibility index (Phi) is 0.843. The van der Waals surface area contributed by atoms with Crippen LogP contribution in [0, 0.1) is 0 Å². The highest BCUT2D eigenvalue weighted by Crippen LogP contribution is 2.35. The summed E-state index contributed by atoms with van der Waals surface area (Å²) in [5, 5.41) is 0. The van der Waals surface area contributed by atoms with E-state index in [1.165, 1.54) is 0 Å². The lowest BCUT2D eigenvalue weighted by atomic mass is 9.90. The minimum atomic E-state index is -3.77. The van der Waals surface area contributed by atoms with Crippen molar-refractivity contribution < 1.29 is 28.8 Å². The largest absolute Gasteiger partial charge is 0.0587 e. The third-order valence-electron chi connectivity index (χ3n) is 1.90. The molecule has 0 aliphatic rings. The second-order valence-electron chi connectivity index (χ2n) is 3.01. The second-order valence-corrected chi connectivity index (χ2v) is 3.80. The highest BCUT2D eigenvalue weighted by Gasteiger charge is 2.14. The van der Waals surface area contributed by atoms with E-state index in [9.17, 15) is 0 Å². The number of hydrogen-bond donors (Lipinski definition) is 0. The van der Waals surface area contributed by atoms with Crippen LogP contribution in [0.5, 0.6) is 0 Å². The molecule has 0 spiro atoms. The normalized spacial score (nSPS) is 37.9. The van der Waals surface area contributed by atoms with E-state index in [0.717, 1.165) is 0 Å². The summed E-state index contributed by atoms with van der Waals surface area (Å²) in [7, 11) is 0. The maximum absolute atomic E-state index is 8.49. The fraction of sp³-hybridized carbons (Fsp3) is 0.600. The molecule has 1 aromatic rings. The molecule has 1 rings (SSSR count). The van der Waals surface area contributed by atoms with Crippen molar-refractivity contribution in [3.63, 3.8) is 0 Å². The van der Waals surface area contributed by atoms with Crippen LogP contribution in [0.4, 0.5) is 0 Å². The number of hydrogen-bond acceptors (Lipinski definition) is 0. The standard InChI is InChI=1S/C15H23Br/c1-9(2)12-7-13(10(3)4)15(16)14(8-12)11(5)6/h7-11H,1-6H3/i1D3,2D3,3D3,4D3,5D3,6D3,9D,10D,11D. The van der Waals surface area contributed by atoms with Gasteiger partial charge in [0.25, 0.3) is 0 Å². The van der Waals surface area contributed by atoms with E-state index in [1.54, 1.807) is 0 Å². The molecule has 0 fully saturated rings. The molecule has 0 N–H and O–H groups in total. The van der Waals surface area contributed by atoms with Gasteiger partial charge in [0.05, 0.1) is 0 Å². The van der Waals surface area contributed by atoms with Gasteiger partial charge >= 0.3 is 0 Å². The van der Waals surface area contributed by atoms with Crippen molar-refractivity contribution in [2.45, 2.75) is 58.8 Å². The van der Waals surface area contributed by atoms with Crippen LogP contribution in [0.1, 0.15) is 104 Å². The highest BCUT2D eigenvalue weighted by molar-refractivity contribution is 9.10.